The minimum absolute atomic E-state index is 0.00242. The van der Waals surface area contributed by atoms with Crippen LogP contribution in [0.1, 0.15) is 51.3 Å². The number of fused-ring (bicyclic) bond motifs is 2. The summed E-state index contributed by atoms with van der Waals surface area (Å²) in [5, 5.41) is 15.6. The van der Waals surface area contributed by atoms with Gasteiger partial charge < -0.3 is 15.6 Å². The molecule has 0 radical (unpaired) electrons. The molecule has 0 unspecified atom stereocenters. The predicted molar refractivity (Wildman–Crippen MR) is 151 cm³/mol. The van der Waals surface area contributed by atoms with Crippen molar-refractivity contribution in [1.29, 1.82) is 0 Å². The summed E-state index contributed by atoms with van der Waals surface area (Å²) in [6, 6.07) is 13.8. The van der Waals surface area contributed by atoms with Gasteiger partial charge in [-0.15, -0.1) is 0 Å². The summed E-state index contributed by atoms with van der Waals surface area (Å²) in [5.41, 5.74) is 9.88. The number of nitrogens with two attached hydrogens (primary N) is 1. The first-order valence-corrected chi connectivity index (χ1v) is 14.7. The second-order valence-electron chi connectivity index (χ2n) is 12.9. The van der Waals surface area contributed by atoms with E-state index in [2.05, 4.69) is 27.0 Å². The average Bonchev–Trinajstić information content (AvgIpc) is 3.53. The molecule has 3 aliphatic rings. The van der Waals surface area contributed by atoms with Crippen molar-refractivity contribution in [3.8, 4) is 17.2 Å². The van der Waals surface area contributed by atoms with Crippen LogP contribution in [0.2, 0.25) is 0 Å². The van der Waals surface area contributed by atoms with E-state index in [1.165, 1.54) is 37.0 Å². The Kier molecular flexibility index (Phi) is 7.05. The number of hydrogen-bond donors (Lipinski definition) is 2. The van der Waals surface area contributed by atoms with Gasteiger partial charge in [-0.05, 0) is 133 Å². The number of nitrogens with zero attached hydrogens (tertiary/aromatic N) is 2. The average molecular weight is 532 g/mol. The lowest BCUT2D eigenvalue weighted by molar-refractivity contribution is -0.0605. The van der Waals surface area contributed by atoms with Gasteiger partial charge in [0.25, 0.3) is 0 Å². The lowest BCUT2D eigenvalue weighted by Crippen LogP contribution is -2.53. The van der Waals surface area contributed by atoms with Gasteiger partial charge in [-0.3, -0.25) is 0 Å². The summed E-state index contributed by atoms with van der Waals surface area (Å²) in [4.78, 5) is 0. The molecule has 2 fully saturated rings. The second-order valence-corrected chi connectivity index (χ2v) is 12.9. The van der Waals surface area contributed by atoms with E-state index in [0.29, 0.717) is 29.3 Å². The van der Waals surface area contributed by atoms with Gasteiger partial charge in [-0.2, -0.15) is 5.10 Å². The predicted octanol–water partition coefficient (Wildman–Crippen LogP) is 6.41. The van der Waals surface area contributed by atoms with E-state index in [9.17, 15) is 9.50 Å². The fourth-order valence-corrected chi connectivity index (χ4v) is 8.80. The number of hydrogen-bond acceptors (Lipinski definition) is 4. The Morgan fingerprint density at radius 3 is 2.41 bits per heavy atom. The Bertz CT molecular complexity index is 1290. The van der Waals surface area contributed by atoms with Gasteiger partial charge in [0.05, 0.1) is 11.4 Å². The molecular formula is C33H42FN3O2. The molecule has 1 aromatic heterocycles. The number of aliphatic hydroxyl groups excluding tert-OH is 1. The fourth-order valence-electron chi connectivity index (χ4n) is 8.80. The molecule has 2 aromatic carbocycles. The molecule has 5 nitrogen and oxygen atoms in total. The van der Waals surface area contributed by atoms with Gasteiger partial charge in [0.2, 0.25) is 0 Å². The third-order valence-electron chi connectivity index (χ3n) is 10.8. The lowest BCUT2D eigenvalue weighted by Gasteiger charge is -2.55. The van der Waals surface area contributed by atoms with Crippen molar-refractivity contribution >= 4 is 0 Å². The molecule has 6 heteroatoms. The maximum atomic E-state index is 13.2. The fraction of sp³-hybridized carbons (Fsp3) is 0.545. The zero-order valence-corrected chi connectivity index (χ0v) is 23.4. The number of aromatic nitrogens is 2. The van der Waals surface area contributed by atoms with Gasteiger partial charge in [-0.25, -0.2) is 9.07 Å². The summed E-state index contributed by atoms with van der Waals surface area (Å²) in [7, 11) is 0. The highest BCUT2D eigenvalue weighted by molar-refractivity contribution is 5.40. The Balaban J connectivity index is 1.24. The SMILES string of the molecule is C[C@@H]1C[C@H]([C@@]2(C)Cc3cn(-c4ccc(Oc5ccc(F)cc5)cc4)nc3C[C@@H]2CO)[C@@H](CN)[C@H]2CC[C@H](C)[C@@H]21. The quantitative estimate of drug-likeness (QED) is 0.386. The molecule has 208 valence electrons. The molecule has 0 saturated heterocycles. The first kappa shape index (κ1) is 26.5. The molecule has 3 aromatic rings. The highest BCUT2D eigenvalue weighted by Crippen LogP contribution is 2.59. The van der Waals surface area contributed by atoms with Crippen LogP contribution in [-0.4, -0.2) is 28.0 Å². The minimum atomic E-state index is -0.284. The van der Waals surface area contributed by atoms with Crippen LogP contribution < -0.4 is 10.5 Å². The van der Waals surface area contributed by atoms with E-state index in [4.69, 9.17) is 15.6 Å². The Labute approximate surface area is 231 Å². The van der Waals surface area contributed by atoms with Crippen LogP contribution in [0.5, 0.6) is 11.5 Å². The highest BCUT2D eigenvalue weighted by Gasteiger charge is 2.55. The molecule has 8 atom stereocenters. The van der Waals surface area contributed by atoms with Crippen LogP contribution in [0.25, 0.3) is 5.69 Å². The van der Waals surface area contributed by atoms with Gasteiger partial charge >= 0.3 is 0 Å². The Morgan fingerprint density at radius 1 is 1.05 bits per heavy atom. The third-order valence-corrected chi connectivity index (χ3v) is 10.8. The molecule has 1 heterocycles. The summed E-state index contributed by atoms with van der Waals surface area (Å²) < 4.78 is 21.0. The standard InChI is InChI=1S/C33H42FN3O2/c1-20-4-13-28-29(17-35)30(14-21(2)32(20)28)33(3)16-22-18-37(36-31(22)15-23(33)19-38)25-7-11-27(12-8-25)39-26-9-5-24(34)6-10-26/h5-12,18,20-21,23,28-30,32,38H,4,13-17,19,35H2,1-3H3/t20-,21+,23+,28+,29-,30-,32+,33-/m0/s1. The molecule has 39 heavy (non-hydrogen) atoms. The number of ether oxygens (including phenoxy) is 1. The minimum Gasteiger partial charge on any atom is -0.457 e. The molecule has 0 bridgehead atoms. The molecular weight excluding hydrogens is 489 g/mol. The van der Waals surface area contributed by atoms with Crippen LogP contribution >= 0.6 is 0 Å². The molecule has 6 rings (SSSR count). The summed E-state index contributed by atoms with van der Waals surface area (Å²) in [6.45, 7) is 8.26. The van der Waals surface area contributed by atoms with E-state index < -0.39 is 0 Å². The molecule has 0 amide bonds. The number of halogens is 1. The summed E-state index contributed by atoms with van der Waals surface area (Å²) in [6.07, 6.45) is 7.75. The van der Waals surface area contributed by atoms with Crippen LogP contribution in [0.15, 0.2) is 54.7 Å². The first-order chi connectivity index (χ1) is 18.8. The van der Waals surface area contributed by atoms with Crippen LogP contribution in [-0.2, 0) is 12.8 Å². The normalized spacial score (nSPS) is 33.9. The first-order valence-electron chi connectivity index (χ1n) is 14.7. The Morgan fingerprint density at radius 2 is 1.74 bits per heavy atom. The van der Waals surface area contributed by atoms with Gasteiger partial charge in [0.15, 0.2) is 0 Å². The second kappa shape index (κ2) is 10.4. The van der Waals surface area contributed by atoms with Gasteiger partial charge in [-0.1, -0.05) is 27.2 Å². The summed E-state index contributed by atoms with van der Waals surface area (Å²) >= 11 is 0. The van der Waals surface area contributed by atoms with Crippen LogP contribution in [0.3, 0.4) is 0 Å². The zero-order chi connectivity index (χ0) is 27.3. The third kappa shape index (κ3) is 4.70. The van der Waals surface area contributed by atoms with Crippen molar-refractivity contribution < 1.29 is 14.2 Å². The smallest absolute Gasteiger partial charge is 0.127 e. The number of aliphatic hydroxyl groups is 1. The van der Waals surface area contributed by atoms with Crippen molar-refractivity contribution in [2.24, 2.45) is 52.6 Å². The molecule has 3 aliphatic carbocycles. The van der Waals surface area contributed by atoms with E-state index in [1.807, 2.05) is 28.9 Å². The number of benzene rings is 2. The topological polar surface area (TPSA) is 73.3 Å². The van der Waals surface area contributed by atoms with E-state index in [1.54, 1.807) is 12.1 Å². The highest BCUT2D eigenvalue weighted by atomic mass is 19.1. The molecule has 3 N–H and O–H groups in total. The van der Waals surface area contributed by atoms with Gasteiger partial charge in [0, 0.05) is 12.8 Å². The van der Waals surface area contributed by atoms with E-state index in [-0.39, 0.29) is 23.8 Å². The maximum absolute atomic E-state index is 13.2. The molecule has 0 spiro atoms. The zero-order valence-electron chi connectivity index (χ0n) is 23.4. The molecule has 0 aliphatic heterocycles. The van der Waals surface area contributed by atoms with Gasteiger partial charge in [0.1, 0.15) is 17.3 Å². The van der Waals surface area contributed by atoms with Crippen molar-refractivity contribution in [2.45, 2.75) is 52.9 Å². The van der Waals surface area contributed by atoms with Crippen molar-refractivity contribution in [1.82, 2.24) is 9.78 Å². The maximum Gasteiger partial charge on any atom is 0.127 e. The molecule has 2 saturated carbocycles. The van der Waals surface area contributed by atoms with E-state index in [0.717, 1.165) is 48.5 Å². The van der Waals surface area contributed by atoms with Crippen LogP contribution in [0, 0.1) is 52.7 Å². The van der Waals surface area contributed by atoms with Crippen molar-refractivity contribution in [3.05, 3.63) is 71.8 Å². The summed E-state index contributed by atoms with van der Waals surface area (Å²) in [5.74, 6) is 5.24. The van der Waals surface area contributed by atoms with E-state index >= 15 is 0 Å². The van der Waals surface area contributed by atoms with Crippen molar-refractivity contribution in [2.75, 3.05) is 13.2 Å². The Hall–Kier alpha value is -2.70. The van der Waals surface area contributed by atoms with Crippen LogP contribution in [0.4, 0.5) is 4.39 Å². The monoisotopic (exact) mass is 531 g/mol. The largest absolute Gasteiger partial charge is 0.457 e. The lowest BCUT2D eigenvalue weighted by atomic mass is 9.50. The number of rotatable bonds is 6. The van der Waals surface area contributed by atoms with Crippen molar-refractivity contribution in [3.63, 3.8) is 0 Å².